The SMILES string of the molecule is CCONC(=O)[C@@H](C)Sc1ccc(Br)cc1. The number of carbonyl (C=O) groups is 1. The largest absolute Gasteiger partial charge is 0.274 e. The minimum Gasteiger partial charge on any atom is -0.274 e. The minimum absolute atomic E-state index is 0.116. The number of hydroxylamine groups is 1. The van der Waals surface area contributed by atoms with Crippen molar-refractivity contribution < 1.29 is 9.63 Å². The van der Waals surface area contributed by atoms with Gasteiger partial charge < -0.3 is 0 Å². The minimum atomic E-state index is -0.173. The first-order chi connectivity index (χ1) is 7.63. The predicted molar refractivity (Wildman–Crippen MR) is 69.2 cm³/mol. The highest BCUT2D eigenvalue weighted by molar-refractivity contribution is 9.10. The standard InChI is InChI=1S/C11H14BrNO2S/c1-3-15-13-11(14)8(2)16-10-6-4-9(12)5-7-10/h4-8H,3H2,1-2H3,(H,13,14)/t8-/m1/s1. The molecule has 0 saturated heterocycles. The molecule has 0 radical (unpaired) electrons. The van der Waals surface area contributed by atoms with Gasteiger partial charge in [0.1, 0.15) is 0 Å². The van der Waals surface area contributed by atoms with Crippen molar-refractivity contribution in [3.63, 3.8) is 0 Å². The van der Waals surface area contributed by atoms with Crippen molar-refractivity contribution in [2.45, 2.75) is 24.0 Å². The molecule has 3 nitrogen and oxygen atoms in total. The summed E-state index contributed by atoms with van der Waals surface area (Å²) < 4.78 is 1.03. The highest BCUT2D eigenvalue weighted by Gasteiger charge is 2.13. The lowest BCUT2D eigenvalue weighted by atomic mass is 10.4. The molecule has 1 aromatic rings. The second kappa shape index (κ2) is 6.93. The lowest BCUT2D eigenvalue weighted by Crippen LogP contribution is -2.30. The van der Waals surface area contributed by atoms with Crippen molar-refractivity contribution in [1.82, 2.24) is 5.48 Å². The van der Waals surface area contributed by atoms with Gasteiger partial charge in [-0.2, -0.15) is 0 Å². The van der Waals surface area contributed by atoms with E-state index < -0.39 is 0 Å². The summed E-state index contributed by atoms with van der Waals surface area (Å²) >= 11 is 4.86. The van der Waals surface area contributed by atoms with Crippen LogP contribution in [0, 0.1) is 0 Å². The lowest BCUT2D eigenvalue weighted by molar-refractivity contribution is -0.132. The molecule has 0 fully saturated rings. The molecular weight excluding hydrogens is 290 g/mol. The summed E-state index contributed by atoms with van der Waals surface area (Å²) in [5, 5.41) is -0.173. The molecule has 5 heteroatoms. The van der Waals surface area contributed by atoms with Gasteiger partial charge in [-0.25, -0.2) is 5.48 Å². The van der Waals surface area contributed by atoms with Crippen LogP contribution in [0.1, 0.15) is 13.8 Å². The highest BCUT2D eigenvalue weighted by Crippen LogP contribution is 2.24. The van der Waals surface area contributed by atoms with Crippen molar-refractivity contribution in [3.05, 3.63) is 28.7 Å². The number of hydrogen-bond acceptors (Lipinski definition) is 3. The van der Waals surface area contributed by atoms with E-state index in [0.29, 0.717) is 6.61 Å². The Morgan fingerprint density at radius 3 is 2.69 bits per heavy atom. The smallest absolute Gasteiger partial charge is 0.256 e. The second-order valence-corrected chi connectivity index (χ2v) is 5.44. The molecule has 1 rings (SSSR count). The number of hydrogen-bond donors (Lipinski definition) is 1. The Morgan fingerprint density at radius 1 is 1.50 bits per heavy atom. The van der Waals surface area contributed by atoms with Crippen LogP contribution in [-0.2, 0) is 9.63 Å². The average molecular weight is 304 g/mol. The summed E-state index contributed by atoms with van der Waals surface area (Å²) in [7, 11) is 0. The monoisotopic (exact) mass is 303 g/mol. The Kier molecular flexibility index (Phi) is 5.87. The maximum absolute atomic E-state index is 11.5. The molecule has 0 saturated carbocycles. The van der Waals surface area contributed by atoms with E-state index in [-0.39, 0.29) is 11.2 Å². The molecule has 1 atom stereocenters. The van der Waals surface area contributed by atoms with Gasteiger partial charge in [-0.3, -0.25) is 9.63 Å². The number of nitrogens with one attached hydrogen (secondary N) is 1. The quantitative estimate of drug-likeness (QED) is 0.671. The average Bonchev–Trinajstić information content (AvgIpc) is 2.29. The van der Waals surface area contributed by atoms with Gasteiger partial charge in [0.15, 0.2) is 0 Å². The third-order valence-corrected chi connectivity index (χ3v) is 3.45. The first-order valence-electron chi connectivity index (χ1n) is 4.97. The van der Waals surface area contributed by atoms with Crippen LogP contribution in [-0.4, -0.2) is 17.8 Å². The van der Waals surface area contributed by atoms with Crippen LogP contribution in [0.5, 0.6) is 0 Å². The molecule has 0 spiro atoms. The summed E-state index contributed by atoms with van der Waals surface area (Å²) in [6, 6.07) is 7.85. The molecule has 0 aromatic heterocycles. The van der Waals surface area contributed by atoms with Crippen LogP contribution in [0.2, 0.25) is 0 Å². The molecule has 1 amide bonds. The molecule has 1 aromatic carbocycles. The van der Waals surface area contributed by atoms with Gasteiger partial charge in [0, 0.05) is 9.37 Å². The van der Waals surface area contributed by atoms with Crippen LogP contribution >= 0.6 is 27.7 Å². The first-order valence-corrected chi connectivity index (χ1v) is 6.64. The molecule has 16 heavy (non-hydrogen) atoms. The van der Waals surface area contributed by atoms with E-state index in [1.54, 1.807) is 0 Å². The lowest BCUT2D eigenvalue weighted by Gasteiger charge is -2.11. The maximum Gasteiger partial charge on any atom is 0.256 e. The molecule has 88 valence electrons. The third kappa shape index (κ3) is 4.55. The van der Waals surface area contributed by atoms with Crippen LogP contribution in [0.4, 0.5) is 0 Å². The van der Waals surface area contributed by atoms with Crippen molar-refractivity contribution in [1.29, 1.82) is 0 Å². The number of carbonyl (C=O) groups excluding carboxylic acids is 1. The highest BCUT2D eigenvalue weighted by atomic mass is 79.9. The Morgan fingerprint density at radius 2 is 2.12 bits per heavy atom. The van der Waals surface area contributed by atoms with Gasteiger partial charge in [0.05, 0.1) is 11.9 Å². The molecule has 0 bridgehead atoms. The van der Waals surface area contributed by atoms with Gasteiger partial charge in [0.2, 0.25) is 0 Å². The van der Waals surface area contributed by atoms with E-state index in [1.807, 2.05) is 38.1 Å². The van der Waals surface area contributed by atoms with E-state index >= 15 is 0 Å². The molecule has 0 heterocycles. The van der Waals surface area contributed by atoms with Crippen molar-refractivity contribution in [2.75, 3.05) is 6.61 Å². The number of thioether (sulfide) groups is 1. The van der Waals surface area contributed by atoms with E-state index in [0.717, 1.165) is 9.37 Å². The molecular formula is C11H14BrNO2S. The topological polar surface area (TPSA) is 38.3 Å². The number of halogens is 1. The van der Waals surface area contributed by atoms with E-state index in [1.165, 1.54) is 11.8 Å². The van der Waals surface area contributed by atoms with Crippen molar-refractivity contribution in [3.8, 4) is 0 Å². The number of amides is 1. The number of rotatable bonds is 5. The fourth-order valence-electron chi connectivity index (χ4n) is 0.997. The molecule has 0 unspecified atom stereocenters. The van der Waals surface area contributed by atoms with Gasteiger partial charge in [-0.05, 0) is 38.1 Å². The van der Waals surface area contributed by atoms with Crippen LogP contribution in [0.15, 0.2) is 33.6 Å². The van der Waals surface area contributed by atoms with E-state index in [9.17, 15) is 4.79 Å². The van der Waals surface area contributed by atoms with Crippen molar-refractivity contribution >= 4 is 33.6 Å². The Labute approximate surface area is 108 Å². The molecule has 0 aliphatic heterocycles. The van der Waals surface area contributed by atoms with E-state index in [4.69, 9.17) is 4.84 Å². The Hall–Kier alpha value is -0.520. The predicted octanol–water partition coefficient (Wildman–Crippen LogP) is 3.00. The zero-order chi connectivity index (χ0) is 12.0. The molecule has 0 aliphatic carbocycles. The van der Waals surface area contributed by atoms with Crippen LogP contribution in [0.3, 0.4) is 0 Å². The zero-order valence-electron chi connectivity index (χ0n) is 9.20. The van der Waals surface area contributed by atoms with Gasteiger partial charge in [-0.1, -0.05) is 15.9 Å². The summed E-state index contributed by atoms with van der Waals surface area (Å²) in [6.07, 6.45) is 0. The third-order valence-electron chi connectivity index (χ3n) is 1.81. The fourth-order valence-corrected chi connectivity index (χ4v) is 2.12. The molecule has 1 N–H and O–H groups in total. The Bertz CT molecular complexity index is 342. The van der Waals surface area contributed by atoms with Gasteiger partial charge >= 0.3 is 0 Å². The summed E-state index contributed by atoms with van der Waals surface area (Å²) in [5.41, 5.74) is 2.39. The van der Waals surface area contributed by atoms with Crippen LogP contribution < -0.4 is 5.48 Å². The van der Waals surface area contributed by atoms with Crippen molar-refractivity contribution in [2.24, 2.45) is 0 Å². The maximum atomic E-state index is 11.5. The zero-order valence-corrected chi connectivity index (χ0v) is 11.6. The Balaban J connectivity index is 2.47. The number of benzene rings is 1. The first kappa shape index (κ1) is 13.5. The second-order valence-electron chi connectivity index (χ2n) is 3.11. The van der Waals surface area contributed by atoms with Crippen LogP contribution in [0.25, 0.3) is 0 Å². The summed E-state index contributed by atoms with van der Waals surface area (Å²) in [6.45, 7) is 4.15. The van der Waals surface area contributed by atoms with Gasteiger partial charge in [0.25, 0.3) is 5.91 Å². The molecule has 0 aliphatic rings. The van der Waals surface area contributed by atoms with Gasteiger partial charge in [-0.15, -0.1) is 11.8 Å². The normalized spacial score (nSPS) is 12.2. The summed E-state index contributed by atoms with van der Waals surface area (Å²) in [5.74, 6) is -0.116. The van der Waals surface area contributed by atoms with E-state index in [2.05, 4.69) is 21.4 Å². The summed E-state index contributed by atoms with van der Waals surface area (Å²) in [4.78, 5) is 17.4. The fraction of sp³-hybridized carbons (Fsp3) is 0.364.